The molecule has 3 rings (SSSR count). The van der Waals surface area contributed by atoms with Crippen LogP contribution >= 0.6 is 0 Å². The van der Waals surface area contributed by atoms with Gasteiger partial charge >= 0.3 is 0 Å². The summed E-state index contributed by atoms with van der Waals surface area (Å²) in [5, 5.41) is 2.81. The molecule has 1 aliphatic carbocycles. The first-order valence-electron chi connectivity index (χ1n) is 8.40. The third kappa shape index (κ3) is 3.35. The fraction of sp³-hybridized carbons (Fsp3) is 0.611. The van der Waals surface area contributed by atoms with Gasteiger partial charge in [-0.25, -0.2) is 0 Å². The Labute approximate surface area is 137 Å². The van der Waals surface area contributed by atoms with Gasteiger partial charge in [0.1, 0.15) is 11.3 Å². The normalized spacial score (nSPS) is 24.6. The fourth-order valence-electron chi connectivity index (χ4n) is 3.44. The van der Waals surface area contributed by atoms with Gasteiger partial charge in [0.25, 0.3) is 0 Å². The topological polar surface area (TPSA) is 50.8 Å². The van der Waals surface area contributed by atoms with Crippen molar-refractivity contribution in [1.82, 2.24) is 10.2 Å². The molecular formula is C18H26N2O3. The van der Waals surface area contributed by atoms with Crippen LogP contribution < -0.4 is 10.1 Å². The number of ether oxygens (including phenoxy) is 2. The molecule has 5 heteroatoms. The minimum absolute atomic E-state index is 0.0393. The Hall–Kier alpha value is -1.59. The smallest absolute Gasteiger partial charge is 0.242 e. The van der Waals surface area contributed by atoms with Crippen LogP contribution in [-0.2, 0) is 16.1 Å². The summed E-state index contributed by atoms with van der Waals surface area (Å²) in [5.41, 5.74) is 0.571. The van der Waals surface area contributed by atoms with Gasteiger partial charge in [-0.15, -0.1) is 0 Å². The van der Waals surface area contributed by atoms with Crippen LogP contribution in [0.3, 0.4) is 0 Å². The van der Waals surface area contributed by atoms with E-state index in [2.05, 4.69) is 16.3 Å². The third-order valence-corrected chi connectivity index (χ3v) is 4.81. The predicted molar refractivity (Wildman–Crippen MR) is 88.4 cm³/mol. The van der Waals surface area contributed by atoms with Gasteiger partial charge in [-0.05, 0) is 38.3 Å². The SMILES string of the molecule is CNC(=O)C1(COC)CCCN1Cc1ccccc1OC1CC1. The van der Waals surface area contributed by atoms with Gasteiger partial charge in [0, 0.05) is 26.3 Å². The highest BCUT2D eigenvalue weighted by Crippen LogP contribution is 2.35. The van der Waals surface area contributed by atoms with E-state index >= 15 is 0 Å². The van der Waals surface area contributed by atoms with Crippen LogP contribution in [0.5, 0.6) is 5.75 Å². The number of rotatable bonds is 7. The van der Waals surface area contributed by atoms with Gasteiger partial charge in [0.05, 0.1) is 12.7 Å². The summed E-state index contributed by atoms with van der Waals surface area (Å²) in [4.78, 5) is 14.8. The molecule has 23 heavy (non-hydrogen) atoms. The van der Waals surface area contributed by atoms with E-state index in [4.69, 9.17) is 9.47 Å². The van der Waals surface area contributed by atoms with Crippen molar-refractivity contribution in [2.24, 2.45) is 0 Å². The Balaban J connectivity index is 1.81. The van der Waals surface area contributed by atoms with Gasteiger partial charge in [0.15, 0.2) is 0 Å². The van der Waals surface area contributed by atoms with E-state index in [0.717, 1.165) is 43.5 Å². The Morgan fingerprint density at radius 3 is 2.87 bits per heavy atom. The molecule has 1 saturated carbocycles. The van der Waals surface area contributed by atoms with Crippen LogP contribution in [0.1, 0.15) is 31.2 Å². The molecule has 2 aliphatic rings. The summed E-state index contributed by atoms with van der Waals surface area (Å²) >= 11 is 0. The molecule has 0 aromatic heterocycles. The first-order valence-corrected chi connectivity index (χ1v) is 8.40. The van der Waals surface area contributed by atoms with Gasteiger partial charge in [-0.1, -0.05) is 18.2 Å². The zero-order valence-electron chi connectivity index (χ0n) is 14.0. The molecule has 1 unspecified atom stereocenters. The van der Waals surface area contributed by atoms with E-state index in [1.165, 1.54) is 0 Å². The zero-order valence-corrected chi connectivity index (χ0v) is 14.0. The number of likely N-dealkylation sites (tertiary alicyclic amines) is 1. The van der Waals surface area contributed by atoms with E-state index in [-0.39, 0.29) is 5.91 Å². The maximum atomic E-state index is 12.5. The Bertz CT molecular complexity index is 559. The Morgan fingerprint density at radius 1 is 1.39 bits per heavy atom. The standard InChI is InChI=1S/C18H26N2O3/c1-19-17(21)18(13-22-2)10-5-11-20(18)12-14-6-3-4-7-16(14)23-15-8-9-15/h3-4,6-7,15H,5,8-13H2,1-2H3,(H,19,21). The van der Waals surface area contributed by atoms with Crippen molar-refractivity contribution in [3.05, 3.63) is 29.8 Å². The van der Waals surface area contributed by atoms with E-state index in [1.807, 2.05) is 18.2 Å². The van der Waals surface area contributed by atoms with Crippen LogP contribution in [0.4, 0.5) is 0 Å². The van der Waals surface area contributed by atoms with Crippen molar-refractivity contribution < 1.29 is 14.3 Å². The lowest BCUT2D eigenvalue weighted by Crippen LogP contribution is -2.57. The van der Waals surface area contributed by atoms with E-state index in [1.54, 1.807) is 14.2 Å². The van der Waals surface area contributed by atoms with Crippen molar-refractivity contribution in [3.63, 3.8) is 0 Å². The van der Waals surface area contributed by atoms with Crippen molar-refractivity contribution in [2.75, 3.05) is 27.3 Å². The summed E-state index contributed by atoms with van der Waals surface area (Å²) in [7, 11) is 3.35. The van der Waals surface area contributed by atoms with Crippen LogP contribution in [0.15, 0.2) is 24.3 Å². The quantitative estimate of drug-likeness (QED) is 0.835. The molecule has 0 spiro atoms. The lowest BCUT2D eigenvalue weighted by molar-refractivity contribution is -0.135. The Morgan fingerprint density at radius 2 is 2.17 bits per heavy atom. The molecule has 1 aliphatic heterocycles. The average Bonchev–Trinajstić information content (AvgIpc) is 3.29. The monoisotopic (exact) mass is 318 g/mol. The first-order chi connectivity index (χ1) is 11.2. The molecule has 0 bridgehead atoms. The van der Waals surface area contributed by atoms with Crippen LogP contribution in [0, 0.1) is 0 Å². The molecule has 5 nitrogen and oxygen atoms in total. The molecule has 1 aromatic carbocycles. The highest BCUT2D eigenvalue weighted by atomic mass is 16.5. The molecule has 0 radical (unpaired) electrons. The van der Waals surface area contributed by atoms with Gasteiger partial charge < -0.3 is 14.8 Å². The van der Waals surface area contributed by atoms with Crippen molar-refractivity contribution in [2.45, 2.75) is 43.9 Å². The second-order valence-corrected chi connectivity index (χ2v) is 6.49. The molecule has 1 N–H and O–H groups in total. The van der Waals surface area contributed by atoms with Gasteiger partial charge in [-0.3, -0.25) is 9.69 Å². The number of carbonyl (C=O) groups excluding carboxylic acids is 1. The fourth-order valence-corrected chi connectivity index (χ4v) is 3.44. The maximum Gasteiger partial charge on any atom is 0.242 e. The number of nitrogens with zero attached hydrogens (tertiary/aromatic N) is 1. The summed E-state index contributed by atoms with van der Waals surface area (Å²) in [6, 6.07) is 8.16. The maximum absolute atomic E-state index is 12.5. The summed E-state index contributed by atoms with van der Waals surface area (Å²) in [6.45, 7) is 2.02. The van der Waals surface area contributed by atoms with Crippen LogP contribution in [0.2, 0.25) is 0 Å². The van der Waals surface area contributed by atoms with Gasteiger partial charge in [0.2, 0.25) is 5.91 Å². The lowest BCUT2D eigenvalue weighted by Gasteiger charge is -2.36. The van der Waals surface area contributed by atoms with E-state index in [9.17, 15) is 4.79 Å². The highest BCUT2D eigenvalue weighted by molar-refractivity contribution is 5.86. The second kappa shape index (κ2) is 6.89. The molecule has 126 valence electrons. The van der Waals surface area contributed by atoms with Crippen LogP contribution in [-0.4, -0.2) is 49.8 Å². The molecule has 1 atom stereocenters. The number of carbonyl (C=O) groups is 1. The van der Waals surface area contributed by atoms with E-state index in [0.29, 0.717) is 19.3 Å². The Kier molecular flexibility index (Phi) is 4.87. The van der Waals surface area contributed by atoms with E-state index < -0.39 is 5.54 Å². The molecule has 1 amide bonds. The number of para-hydroxylation sites is 1. The first kappa shape index (κ1) is 16.3. The average molecular weight is 318 g/mol. The number of likely N-dealkylation sites (N-methyl/N-ethyl adjacent to an activating group) is 1. The molecule has 1 aromatic rings. The van der Waals surface area contributed by atoms with Crippen molar-refractivity contribution >= 4 is 5.91 Å². The predicted octanol–water partition coefficient (Wildman–Crippen LogP) is 1.95. The highest BCUT2D eigenvalue weighted by Gasteiger charge is 2.47. The second-order valence-electron chi connectivity index (χ2n) is 6.49. The zero-order chi connectivity index (χ0) is 16.3. The summed E-state index contributed by atoms with van der Waals surface area (Å²) in [6.07, 6.45) is 4.49. The number of hydrogen-bond donors (Lipinski definition) is 1. The minimum atomic E-state index is -0.573. The number of hydrogen-bond acceptors (Lipinski definition) is 4. The minimum Gasteiger partial charge on any atom is -0.490 e. The molecule has 1 heterocycles. The molecule has 1 saturated heterocycles. The van der Waals surface area contributed by atoms with Crippen molar-refractivity contribution in [1.29, 1.82) is 0 Å². The van der Waals surface area contributed by atoms with Crippen molar-refractivity contribution in [3.8, 4) is 5.75 Å². The molecular weight excluding hydrogens is 292 g/mol. The molecule has 2 fully saturated rings. The number of methoxy groups -OCH3 is 1. The van der Waals surface area contributed by atoms with Crippen LogP contribution in [0.25, 0.3) is 0 Å². The summed E-state index contributed by atoms with van der Waals surface area (Å²) in [5.74, 6) is 0.988. The number of benzene rings is 1. The number of nitrogens with one attached hydrogen (secondary N) is 1. The lowest BCUT2D eigenvalue weighted by atomic mass is 9.95. The largest absolute Gasteiger partial charge is 0.490 e. The number of amides is 1. The summed E-state index contributed by atoms with van der Waals surface area (Å²) < 4.78 is 11.4. The van der Waals surface area contributed by atoms with Gasteiger partial charge in [-0.2, -0.15) is 0 Å². The third-order valence-electron chi connectivity index (χ3n) is 4.81.